The lowest BCUT2D eigenvalue weighted by molar-refractivity contribution is 0.286. The van der Waals surface area contributed by atoms with Crippen LogP contribution in [0.15, 0.2) is 46.4 Å². The molecule has 0 amide bonds. The average Bonchev–Trinajstić information content (AvgIpc) is 3.15. The molecule has 8 heteroatoms. The zero-order chi connectivity index (χ0) is 18.7. The van der Waals surface area contributed by atoms with E-state index in [0.29, 0.717) is 17.9 Å². The fourth-order valence-electron chi connectivity index (χ4n) is 3.44. The van der Waals surface area contributed by atoms with Gasteiger partial charge < -0.3 is 9.64 Å². The molecule has 5 nitrogen and oxygen atoms in total. The van der Waals surface area contributed by atoms with E-state index >= 15 is 0 Å². The van der Waals surface area contributed by atoms with E-state index in [1.165, 1.54) is 11.8 Å². The van der Waals surface area contributed by atoms with Gasteiger partial charge in [0.2, 0.25) is 10.0 Å². The number of rotatable bonds is 5. The van der Waals surface area contributed by atoms with Crippen LogP contribution in [0.4, 0.5) is 0 Å². The average molecular weight is 413 g/mol. The van der Waals surface area contributed by atoms with Gasteiger partial charge in [0.15, 0.2) is 5.76 Å². The first-order valence-electron chi connectivity index (χ1n) is 8.75. The lowest BCUT2D eigenvalue weighted by Crippen LogP contribution is -2.30. The molecule has 0 saturated carbocycles. The number of nitrogens with two attached hydrogens (primary N) is 1. The third-order valence-corrected chi connectivity index (χ3v) is 7.17. The molecule has 2 aliphatic carbocycles. The lowest BCUT2D eigenvalue weighted by Gasteiger charge is -2.32. The molecule has 1 heterocycles. The maximum Gasteiger partial charge on any atom is 0.241 e. The van der Waals surface area contributed by atoms with Crippen LogP contribution in [-0.2, 0) is 14.8 Å². The monoisotopic (exact) mass is 412 g/mol. The van der Waals surface area contributed by atoms with Crippen LogP contribution in [0.3, 0.4) is 0 Å². The normalized spacial score (nSPS) is 23.8. The predicted octanol–water partition coefficient (Wildman–Crippen LogP) is 3.43. The number of thiocarbonyl (C=S) groups is 1. The van der Waals surface area contributed by atoms with Gasteiger partial charge in [-0.2, -0.15) is 0 Å². The van der Waals surface area contributed by atoms with Crippen LogP contribution in [0.25, 0.3) is 0 Å². The molecule has 1 unspecified atom stereocenters. The van der Waals surface area contributed by atoms with Gasteiger partial charge in [-0.1, -0.05) is 24.4 Å². The zero-order valence-electron chi connectivity index (χ0n) is 14.8. The molecule has 0 aromatic rings. The minimum absolute atomic E-state index is 0.0481. The molecule has 1 atom stereocenters. The second-order valence-electron chi connectivity index (χ2n) is 6.57. The van der Waals surface area contributed by atoms with Crippen molar-refractivity contribution in [2.24, 2.45) is 11.1 Å². The topological polar surface area (TPSA) is 72.6 Å². The first kappa shape index (κ1) is 19.7. The van der Waals surface area contributed by atoms with Gasteiger partial charge in [-0.3, -0.25) is 0 Å². The summed E-state index contributed by atoms with van der Waals surface area (Å²) >= 11 is 6.93. The summed E-state index contributed by atoms with van der Waals surface area (Å²) in [6.07, 6.45) is 14.1. The first-order valence-corrected chi connectivity index (χ1v) is 11.9. The Labute approximate surface area is 165 Å². The van der Waals surface area contributed by atoms with Crippen LogP contribution < -0.4 is 5.14 Å². The van der Waals surface area contributed by atoms with E-state index < -0.39 is 10.0 Å². The third kappa shape index (κ3) is 4.42. The van der Waals surface area contributed by atoms with Crippen LogP contribution in [0, 0.1) is 5.92 Å². The van der Waals surface area contributed by atoms with E-state index in [4.69, 9.17) is 22.1 Å². The van der Waals surface area contributed by atoms with E-state index in [1.54, 1.807) is 6.08 Å². The molecule has 2 N–H and O–H groups in total. The van der Waals surface area contributed by atoms with Gasteiger partial charge in [-0.15, -0.1) is 11.8 Å². The molecule has 0 bridgehead atoms. The summed E-state index contributed by atoms with van der Waals surface area (Å²) in [5, 5.41) is 5.55. The van der Waals surface area contributed by atoms with E-state index in [0.717, 1.165) is 48.7 Å². The van der Waals surface area contributed by atoms with Crippen molar-refractivity contribution in [3.63, 3.8) is 0 Å². The van der Waals surface area contributed by atoms with Crippen molar-refractivity contribution in [1.29, 1.82) is 0 Å². The summed E-state index contributed by atoms with van der Waals surface area (Å²) in [6.45, 7) is 1.79. The van der Waals surface area contributed by atoms with Gasteiger partial charge in [-0.05, 0) is 44.1 Å². The van der Waals surface area contributed by atoms with Gasteiger partial charge in [0.25, 0.3) is 0 Å². The Bertz CT molecular complexity index is 804. The molecule has 1 aliphatic heterocycles. The fourth-order valence-corrected chi connectivity index (χ4v) is 4.82. The summed E-state index contributed by atoms with van der Waals surface area (Å²) in [6, 6.07) is 0. The Hall–Kier alpha value is -1.09. The molecule has 0 aromatic carbocycles. The number of hydrogen-bond acceptors (Lipinski definition) is 6. The molecule has 3 rings (SSSR count). The number of hydrogen-bond donors (Lipinski definition) is 1. The summed E-state index contributed by atoms with van der Waals surface area (Å²) in [7, 11) is -3.93. The molecule has 1 fully saturated rings. The van der Waals surface area contributed by atoms with Crippen LogP contribution in [-0.4, -0.2) is 36.9 Å². The lowest BCUT2D eigenvalue weighted by atomic mass is 9.97. The highest BCUT2D eigenvalue weighted by Crippen LogP contribution is 2.38. The van der Waals surface area contributed by atoms with Gasteiger partial charge in [-0.25, -0.2) is 13.6 Å². The number of sulfonamides is 1. The fraction of sp³-hybridized carbons (Fsp3) is 0.500. The van der Waals surface area contributed by atoms with E-state index in [9.17, 15) is 8.42 Å². The Balaban J connectivity index is 2.06. The summed E-state index contributed by atoms with van der Waals surface area (Å²) in [5.74, 6) is 0.892. The number of nitrogens with zero attached hydrogens (tertiary/aromatic N) is 1. The number of likely N-dealkylation sites (tertiary alicyclic amines) is 1. The molecular formula is C18H24N2O3S3. The minimum atomic E-state index is -3.93. The number of thioether (sulfide) groups is 1. The van der Waals surface area contributed by atoms with Crippen molar-refractivity contribution in [1.82, 2.24) is 4.90 Å². The Kier molecular flexibility index (Phi) is 6.27. The van der Waals surface area contributed by atoms with E-state index in [-0.39, 0.29) is 10.8 Å². The zero-order valence-corrected chi connectivity index (χ0v) is 17.3. The molecule has 142 valence electrons. The van der Waals surface area contributed by atoms with Crippen molar-refractivity contribution >= 4 is 38.2 Å². The van der Waals surface area contributed by atoms with Crippen molar-refractivity contribution in [3.05, 3.63) is 46.4 Å². The van der Waals surface area contributed by atoms with Crippen molar-refractivity contribution in [2.75, 3.05) is 19.3 Å². The van der Waals surface area contributed by atoms with Gasteiger partial charge in [0.1, 0.15) is 10.7 Å². The maximum atomic E-state index is 12.3. The van der Waals surface area contributed by atoms with Crippen molar-refractivity contribution in [2.45, 2.75) is 32.1 Å². The van der Waals surface area contributed by atoms with Crippen LogP contribution >= 0.6 is 24.0 Å². The number of ether oxygens (including phenoxy) is 1. The first-order chi connectivity index (χ1) is 12.4. The number of allylic oxidation sites excluding steroid dienone is 5. The highest BCUT2D eigenvalue weighted by Gasteiger charge is 2.34. The molecule has 0 radical (unpaired) electrons. The standard InChI is InChI=1S/C18H24N2O3S3/c1-25-18(24)13-11-15(20-9-5-6-10-20)17(16(12-13)26(19,21)22)23-14-7-3-2-4-8-14/h3,7-8,12-13H,2,4-6,9-11H2,1H3,(H2,19,21,22). The quantitative estimate of drug-likeness (QED) is 0.698. The van der Waals surface area contributed by atoms with Crippen LogP contribution in [0.1, 0.15) is 32.1 Å². The summed E-state index contributed by atoms with van der Waals surface area (Å²) in [5.41, 5.74) is 0.898. The largest absolute Gasteiger partial charge is 0.454 e. The van der Waals surface area contributed by atoms with Crippen molar-refractivity contribution in [3.8, 4) is 0 Å². The molecule has 3 aliphatic rings. The van der Waals surface area contributed by atoms with E-state index in [2.05, 4.69) is 4.90 Å². The minimum Gasteiger partial charge on any atom is -0.454 e. The SMILES string of the molecule is CSC(=S)C1C=C(S(N)(=O)=O)C(OC2=CCCC=C2)=C(N2CCCC2)C1. The van der Waals surface area contributed by atoms with E-state index in [1.807, 2.05) is 24.5 Å². The third-order valence-electron chi connectivity index (χ3n) is 4.73. The highest BCUT2D eigenvalue weighted by molar-refractivity contribution is 8.22. The smallest absolute Gasteiger partial charge is 0.241 e. The maximum absolute atomic E-state index is 12.3. The number of primary sulfonamides is 1. The van der Waals surface area contributed by atoms with Gasteiger partial charge >= 0.3 is 0 Å². The molecule has 0 aromatic heterocycles. The van der Waals surface area contributed by atoms with Crippen LogP contribution in [0.5, 0.6) is 0 Å². The summed E-state index contributed by atoms with van der Waals surface area (Å²) in [4.78, 5) is 2.27. The summed E-state index contributed by atoms with van der Waals surface area (Å²) < 4.78 is 31.5. The second kappa shape index (κ2) is 8.29. The highest BCUT2D eigenvalue weighted by atomic mass is 32.2. The molecular weight excluding hydrogens is 388 g/mol. The molecule has 26 heavy (non-hydrogen) atoms. The molecule has 1 saturated heterocycles. The predicted molar refractivity (Wildman–Crippen MR) is 111 cm³/mol. The Morgan fingerprint density at radius 2 is 2.08 bits per heavy atom. The van der Waals surface area contributed by atoms with Gasteiger partial charge in [0, 0.05) is 25.4 Å². The second-order valence-corrected chi connectivity index (χ2v) is 9.64. The van der Waals surface area contributed by atoms with Crippen LogP contribution in [0.2, 0.25) is 0 Å². The molecule has 0 spiro atoms. The Morgan fingerprint density at radius 1 is 1.35 bits per heavy atom. The Morgan fingerprint density at radius 3 is 2.65 bits per heavy atom. The van der Waals surface area contributed by atoms with Crippen molar-refractivity contribution < 1.29 is 13.2 Å². The van der Waals surface area contributed by atoms with Gasteiger partial charge in [0.05, 0.1) is 9.89 Å².